The summed E-state index contributed by atoms with van der Waals surface area (Å²) in [6.07, 6.45) is 3.50. The molecule has 0 nitrogen and oxygen atoms in total. The van der Waals surface area contributed by atoms with E-state index in [0.717, 1.165) is 6.42 Å². The summed E-state index contributed by atoms with van der Waals surface area (Å²) in [5.41, 5.74) is 1.67. The predicted octanol–water partition coefficient (Wildman–Crippen LogP) is -4.11. The Balaban J connectivity index is 0.00000171. The van der Waals surface area contributed by atoms with Crippen molar-refractivity contribution < 1.29 is 57.7 Å². The molecule has 0 saturated heterocycles. The average molecular weight is 534 g/mol. The summed E-state index contributed by atoms with van der Waals surface area (Å²) in [5, 5.41) is 6.05. The minimum absolute atomic E-state index is 0. The summed E-state index contributed by atoms with van der Waals surface area (Å²) in [4.78, 5) is 0. The summed E-state index contributed by atoms with van der Waals surface area (Å²) in [7, 11) is -2.38. The fourth-order valence-corrected chi connectivity index (χ4v) is 11.4. The van der Waals surface area contributed by atoms with Crippen molar-refractivity contribution in [2.75, 3.05) is 0 Å². The molecule has 1 aliphatic rings. The number of hydrogen-bond acceptors (Lipinski definition) is 0. The van der Waals surface area contributed by atoms with E-state index in [1.165, 1.54) is 19.4 Å². The van der Waals surface area contributed by atoms with Crippen molar-refractivity contribution in [2.45, 2.75) is 27.2 Å². The molecule has 32 heavy (non-hydrogen) atoms. The summed E-state index contributed by atoms with van der Waals surface area (Å²) >= 11 is 2.30. The summed E-state index contributed by atoms with van der Waals surface area (Å²) in [6, 6.07) is 33.8. The van der Waals surface area contributed by atoms with E-state index in [2.05, 4.69) is 138 Å². The van der Waals surface area contributed by atoms with Crippen LogP contribution in [-0.2, 0) is 20.4 Å². The molecule has 164 valence electrons. The van der Waals surface area contributed by atoms with Crippen LogP contribution < -0.4 is 52.8 Å². The van der Waals surface area contributed by atoms with E-state index >= 15 is 0 Å². The van der Waals surface area contributed by atoms with Gasteiger partial charge in [0, 0.05) is 0 Å². The Morgan fingerprint density at radius 1 is 0.625 bits per heavy atom. The van der Waals surface area contributed by atoms with Gasteiger partial charge in [-0.3, -0.25) is 0 Å². The van der Waals surface area contributed by atoms with Crippen molar-refractivity contribution in [3.8, 4) is 0 Å². The molecule has 0 unspecified atom stereocenters. The molecule has 3 aromatic carbocycles. The molecule has 5 heteroatoms. The van der Waals surface area contributed by atoms with Gasteiger partial charge in [0.1, 0.15) is 0 Å². The van der Waals surface area contributed by atoms with Gasteiger partial charge in [0.2, 0.25) is 0 Å². The van der Waals surface area contributed by atoms with E-state index in [0.29, 0.717) is 0 Å². The first-order chi connectivity index (χ1) is 14.0. The van der Waals surface area contributed by atoms with Gasteiger partial charge in [-0.2, -0.15) is 0 Å². The van der Waals surface area contributed by atoms with E-state index in [1.807, 2.05) is 0 Å². The first-order valence-electron chi connectivity index (χ1n) is 10.3. The molecule has 0 N–H and O–H groups in total. The van der Waals surface area contributed by atoms with Gasteiger partial charge in [0.25, 0.3) is 0 Å². The molecular formula is C27H27Cl3SiTi. The zero-order valence-electron chi connectivity index (χ0n) is 18.6. The monoisotopic (exact) mass is 532 g/mol. The first-order valence-corrected chi connectivity index (χ1v) is 13.1. The molecular weight excluding hydrogens is 507 g/mol. The number of benzene rings is 3. The SMILES string of the molecule is CC(C)(C)C1=C([Si](c2ccccc2)(c2ccccc2)c2ccccc2)CC=[C]1[Ti+3].[Cl-].[Cl-].[Cl-]. The molecule has 0 amide bonds. The van der Waals surface area contributed by atoms with Gasteiger partial charge in [-0.15, -0.1) is 0 Å². The zero-order chi connectivity index (χ0) is 20.5. The van der Waals surface area contributed by atoms with Crippen molar-refractivity contribution in [3.63, 3.8) is 0 Å². The predicted molar refractivity (Wildman–Crippen MR) is 123 cm³/mol. The van der Waals surface area contributed by atoms with Gasteiger partial charge in [-0.05, 0) is 0 Å². The van der Waals surface area contributed by atoms with Gasteiger partial charge in [0.15, 0.2) is 0 Å². The molecule has 3 aromatic rings. The van der Waals surface area contributed by atoms with E-state index in [-0.39, 0.29) is 42.6 Å². The molecule has 0 heterocycles. The quantitative estimate of drug-likeness (QED) is 0.236. The van der Waals surface area contributed by atoms with E-state index in [9.17, 15) is 0 Å². The molecule has 0 saturated carbocycles. The minimum Gasteiger partial charge on any atom is -1.00 e. The molecule has 0 aliphatic heterocycles. The molecule has 0 bridgehead atoms. The van der Waals surface area contributed by atoms with Crippen molar-refractivity contribution in [1.29, 1.82) is 0 Å². The number of allylic oxidation sites excluding steroid dienone is 4. The van der Waals surface area contributed by atoms with Crippen LogP contribution in [0.25, 0.3) is 0 Å². The molecule has 1 aliphatic carbocycles. The average Bonchev–Trinajstić information content (AvgIpc) is 3.13. The Morgan fingerprint density at radius 3 is 1.28 bits per heavy atom. The topological polar surface area (TPSA) is 0 Å². The van der Waals surface area contributed by atoms with Crippen molar-refractivity contribution in [1.82, 2.24) is 0 Å². The van der Waals surface area contributed by atoms with Crippen LogP contribution in [0, 0.1) is 5.41 Å². The summed E-state index contributed by atoms with van der Waals surface area (Å²) in [6.45, 7) is 7.10. The Labute approximate surface area is 224 Å². The van der Waals surface area contributed by atoms with Crippen molar-refractivity contribution in [2.24, 2.45) is 5.41 Å². The van der Waals surface area contributed by atoms with Crippen LogP contribution in [0.3, 0.4) is 0 Å². The Morgan fingerprint density at radius 2 is 0.969 bits per heavy atom. The minimum atomic E-state index is -2.38. The van der Waals surface area contributed by atoms with Crippen molar-refractivity contribution >= 4 is 23.6 Å². The van der Waals surface area contributed by atoms with Gasteiger partial charge in [0.05, 0.1) is 0 Å². The Bertz CT molecular complexity index is 960. The second-order valence-corrected chi connectivity index (χ2v) is 13.5. The standard InChI is InChI=1S/C27H27Si.3ClH.Ti/c1-27(2,3)25-20-13-21-26(25)28(22-14-7-4-8-15-22,23-16-9-5-10-17-23)24-18-11-6-12-19-24;;;;/h4-19H,21H2,1-3H3;3*1H;/q;;;;+3/p-3. The fraction of sp³-hybridized carbons (Fsp3) is 0.185. The maximum Gasteiger partial charge on any atom is -1.00 e. The normalized spacial score (nSPS) is 13.5. The van der Waals surface area contributed by atoms with E-state index in [4.69, 9.17) is 0 Å². The van der Waals surface area contributed by atoms with E-state index in [1.54, 1.807) is 10.8 Å². The van der Waals surface area contributed by atoms with Crippen molar-refractivity contribution in [3.05, 3.63) is 112 Å². The van der Waals surface area contributed by atoms with Crippen LogP contribution in [0.4, 0.5) is 0 Å². The molecule has 0 aromatic heterocycles. The van der Waals surface area contributed by atoms with E-state index < -0.39 is 8.07 Å². The van der Waals surface area contributed by atoms with Crippen LogP contribution in [0.5, 0.6) is 0 Å². The molecule has 4 rings (SSSR count). The molecule has 0 radical (unpaired) electrons. The third-order valence-electron chi connectivity index (χ3n) is 5.90. The van der Waals surface area contributed by atoms with Gasteiger partial charge in [-0.1, -0.05) is 0 Å². The molecule has 0 spiro atoms. The third-order valence-corrected chi connectivity index (χ3v) is 11.6. The van der Waals surface area contributed by atoms with Crippen LogP contribution >= 0.6 is 0 Å². The first kappa shape index (κ1) is 29.0. The Kier molecular flexibility index (Phi) is 10.8. The third kappa shape index (κ3) is 5.20. The number of halogens is 3. The summed E-state index contributed by atoms with van der Waals surface area (Å²) in [5.74, 6) is 0. The fourth-order valence-electron chi connectivity index (χ4n) is 4.86. The van der Waals surface area contributed by atoms with Crippen LogP contribution in [0.15, 0.2) is 112 Å². The molecule has 0 fully saturated rings. The largest absolute Gasteiger partial charge is 1.00 e. The zero-order valence-corrected chi connectivity index (χ0v) is 23.4. The second-order valence-electron chi connectivity index (χ2n) is 8.77. The molecule has 0 atom stereocenters. The number of hydrogen-bond donors (Lipinski definition) is 0. The Hall–Kier alpha value is -1.06. The summed E-state index contributed by atoms with van der Waals surface area (Å²) < 4.78 is 1.45. The maximum atomic E-state index is 2.45. The van der Waals surface area contributed by atoms with Gasteiger partial charge >= 0.3 is 188 Å². The van der Waals surface area contributed by atoms with Gasteiger partial charge in [-0.25, -0.2) is 0 Å². The van der Waals surface area contributed by atoms with Crippen LogP contribution in [0.2, 0.25) is 0 Å². The maximum absolute atomic E-state index is 2.45. The number of rotatable bonds is 4. The van der Waals surface area contributed by atoms with Crippen LogP contribution in [-0.4, -0.2) is 8.07 Å². The van der Waals surface area contributed by atoms with Gasteiger partial charge < -0.3 is 37.2 Å². The second kappa shape index (κ2) is 11.9. The van der Waals surface area contributed by atoms with Crippen LogP contribution in [0.1, 0.15) is 27.2 Å². The smallest absolute Gasteiger partial charge is 1.00 e.